The Morgan fingerprint density at radius 3 is 2.33 bits per heavy atom. The van der Waals surface area contributed by atoms with Gasteiger partial charge in [0.15, 0.2) is 6.29 Å². The summed E-state index contributed by atoms with van der Waals surface area (Å²) in [7, 11) is 0. The van der Waals surface area contributed by atoms with Gasteiger partial charge in [-0.25, -0.2) is 0 Å². The third kappa shape index (κ3) is 2.38. The standard InChI is InChI=1S/C8H8O2.C2H6/c1-6-3-2-4-7(5-9)8(6)10;1-2/h2-5,10H,1H3;1-2H3. The van der Waals surface area contributed by atoms with Crippen molar-refractivity contribution >= 4 is 6.29 Å². The van der Waals surface area contributed by atoms with E-state index in [1.165, 1.54) is 0 Å². The number of aldehydes is 1. The SMILES string of the molecule is CC.Cc1cccc(C=O)c1O. The highest BCUT2D eigenvalue weighted by Crippen LogP contribution is 2.18. The van der Waals surface area contributed by atoms with Crippen LogP contribution in [0.1, 0.15) is 29.8 Å². The maximum atomic E-state index is 10.2. The molecule has 0 radical (unpaired) electrons. The molecule has 0 saturated heterocycles. The van der Waals surface area contributed by atoms with Crippen LogP contribution in [0, 0.1) is 6.92 Å². The van der Waals surface area contributed by atoms with Crippen LogP contribution in [0.4, 0.5) is 0 Å². The summed E-state index contributed by atoms with van der Waals surface area (Å²) in [5, 5.41) is 9.17. The molecule has 0 atom stereocenters. The minimum Gasteiger partial charge on any atom is -0.507 e. The number of carbonyl (C=O) groups is 1. The topological polar surface area (TPSA) is 37.3 Å². The number of para-hydroxylation sites is 1. The highest BCUT2D eigenvalue weighted by atomic mass is 16.3. The van der Waals surface area contributed by atoms with Crippen molar-refractivity contribution in [2.24, 2.45) is 0 Å². The van der Waals surface area contributed by atoms with Crippen LogP contribution < -0.4 is 0 Å². The van der Waals surface area contributed by atoms with Crippen molar-refractivity contribution < 1.29 is 9.90 Å². The second-order valence-electron chi connectivity index (χ2n) is 2.13. The summed E-state index contributed by atoms with van der Waals surface area (Å²) in [6, 6.07) is 5.07. The van der Waals surface area contributed by atoms with Crippen molar-refractivity contribution in [3.8, 4) is 5.75 Å². The Bertz CT molecular complexity index is 254. The van der Waals surface area contributed by atoms with E-state index in [1.807, 2.05) is 13.8 Å². The second kappa shape index (κ2) is 5.35. The molecule has 0 heterocycles. The van der Waals surface area contributed by atoms with Crippen LogP contribution >= 0.6 is 0 Å². The average Bonchev–Trinajstić information content (AvgIpc) is 2.13. The Kier molecular flexibility index (Phi) is 4.77. The van der Waals surface area contributed by atoms with Crippen molar-refractivity contribution in [2.75, 3.05) is 0 Å². The van der Waals surface area contributed by atoms with Crippen LogP contribution in [0.5, 0.6) is 5.75 Å². The summed E-state index contributed by atoms with van der Waals surface area (Å²) in [4.78, 5) is 10.2. The molecule has 0 spiro atoms. The maximum Gasteiger partial charge on any atom is 0.153 e. The Morgan fingerprint density at radius 2 is 1.92 bits per heavy atom. The summed E-state index contributed by atoms with van der Waals surface area (Å²) in [6.07, 6.45) is 0.641. The third-order valence-corrected chi connectivity index (χ3v) is 1.40. The van der Waals surface area contributed by atoms with Gasteiger partial charge in [-0.1, -0.05) is 26.0 Å². The van der Waals surface area contributed by atoms with E-state index in [-0.39, 0.29) is 5.75 Å². The molecule has 1 aromatic rings. The number of hydrogen-bond acceptors (Lipinski definition) is 2. The Balaban J connectivity index is 0.000000561. The molecule has 66 valence electrons. The quantitative estimate of drug-likeness (QED) is 0.651. The van der Waals surface area contributed by atoms with Gasteiger partial charge in [0.25, 0.3) is 0 Å². The Morgan fingerprint density at radius 1 is 1.33 bits per heavy atom. The van der Waals surface area contributed by atoms with Crippen LogP contribution in [-0.2, 0) is 0 Å². The summed E-state index contributed by atoms with van der Waals surface area (Å²) < 4.78 is 0. The van der Waals surface area contributed by atoms with Gasteiger partial charge in [-0.15, -0.1) is 0 Å². The molecule has 0 aromatic heterocycles. The van der Waals surface area contributed by atoms with Gasteiger partial charge in [0.2, 0.25) is 0 Å². The van der Waals surface area contributed by atoms with E-state index in [0.29, 0.717) is 11.8 Å². The van der Waals surface area contributed by atoms with E-state index in [4.69, 9.17) is 5.11 Å². The monoisotopic (exact) mass is 166 g/mol. The fraction of sp³-hybridized carbons (Fsp3) is 0.300. The van der Waals surface area contributed by atoms with Gasteiger partial charge in [0.05, 0.1) is 5.56 Å². The molecule has 0 aliphatic rings. The molecule has 0 saturated carbocycles. The largest absolute Gasteiger partial charge is 0.507 e. The lowest BCUT2D eigenvalue weighted by Crippen LogP contribution is -1.82. The summed E-state index contributed by atoms with van der Waals surface area (Å²) in [5.74, 6) is 0.0810. The number of carbonyl (C=O) groups excluding carboxylic acids is 1. The van der Waals surface area contributed by atoms with Crippen molar-refractivity contribution in [1.29, 1.82) is 0 Å². The molecule has 0 bridgehead atoms. The third-order valence-electron chi connectivity index (χ3n) is 1.40. The van der Waals surface area contributed by atoms with Crippen molar-refractivity contribution in [3.05, 3.63) is 29.3 Å². The normalized spacial score (nSPS) is 8.25. The fourth-order valence-electron chi connectivity index (χ4n) is 0.777. The predicted octanol–water partition coefficient (Wildman–Crippen LogP) is 2.54. The van der Waals surface area contributed by atoms with Crippen LogP contribution in [-0.4, -0.2) is 11.4 Å². The number of hydrogen-bond donors (Lipinski definition) is 1. The number of aromatic hydroxyl groups is 1. The van der Waals surface area contributed by atoms with Gasteiger partial charge in [-0.3, -0.25) is 4.79 Å². The average molecular weight is 166 g/mol. The maximum absolute atomic E-state index is 10.2. The molecule has 0 aliphatic carbocycles. The minimum absolute atomic E-state index is 0.0810. The van der Waals surface area contributed by atoms with Crippen LogP contribution in [0.2, 0.25) is 0 Å². The lowest BCUT2D eigenvalue weighted by molar-refractivity contribution is 0.112. The first kappa shape index (κ1) is 10.7. The molecule has 1 aromatic carbocycles. The molecule has 2 heteroatoms. The van der Waals surface area contributed by atoms with E-state index in [2.05, 4.69) is 0 Å². The number of rotatable bonds is 1. The molecular formula is C10H14O2. The summed E-state index contributed by atoms with van der Waals surface area (Å²) >= 11 is 0. The molecule has 0 unspecified atom stereocenters. The first-order chi connectivity index (χ1) is 5.75. The molecule has 0 fully saturated rings. The van der Waals surface area contributed by atoms with Gasteiger partial charge < -0.3 is 5.11 Å². The van der Waals surface area contributed by atoms with Crippen LogP contribution in [0.3, 0.4) is 0 Å². The lowest BCUT2D eigenvalue weighted by Gasteiger charge is -1.98. The van der Waals surface area contributed by atoms with E-state index < -0.39 is 0 Å². The Hall–Kier alpha value is -1.31. The predicted molar refractivity (Wildman–Crippen MR) is 49.6 cm³/mol. The van der Waals surface area contributed by atoms with Gasteiger partial charge >= 0.3 is 0 Å². The molecule has 1 N–H and O–H groups in total. The molecule has 2 nitrogen and oxygen atoms in total. The number of aryl methyl sites for hydroxylation is 1. The molecule has 1 rings (SSSR count). The highest BCUT2D eigenvalue weighted by molar-refractivity contribution is 5.79. The van der Waals surface area contributed by atoms with E-state index in [0.717, 1.165) is 5.56 Å². The number of benzene rings is 1. The Labute approximate surface area is 72.9 Å². The van der Waals surface area contributed by atoms with Gasteiger partial charge in [0.1, 0.15) is 5.75 Å². The van der Waals surface area contributed by atoms with E-state index in [1.54, 1.807) is 25.1 Å². The van der Waals surface area contributed by atoms with Crippen molar-refractivity contribution in [2.45, 2.75) is 20.8 Å². The first-order valence-electron chi connectivity index (χ1n) is 3.99. The van der Waals surface area contributed by atoms with Gasteiger partial charge in [-0.05, 0) is 18.6 Å². The second-order valence-corrected chi connectivity index (χ2v) is 2.13. The van der Waals surface area contributed by atoms with Crippen molar-refractivity contribution in [1.82, 2.24) is 0 Å². The highest BCUT2D eigenvalue weighted by Gasteiger charge is 1.99. The van der Waals surface area contributed by atoms with Crippen LogP contribution in [0.15, 0.2) is 18.2 Å². The van der Waals surface area contributed by atoms with Gasteiger partial charge in [-0.2, -0.15) is 0 Å². The minimum atomic E-state index is 0.0810. The zero-order valence-electron chi connectivity index (χ0n) is 7.66. The molecule has 0 aliphatic heterocycles. The zero-order chi connectivity index (χ0) is 9.56. The number of phenolic OH excluding ortho intramolecular Hbond substituents is 1. The summed E-state index contributed by atoms with van der Waals surface area (Å²) in [6.45, 7) is 5.75. The number of phenols is 1. The molecule has 12 heavy (non-hydrogen) atoms. The van der Waals surface area contributed by atoms with E-state index >= 15 is 0 Å². The van der Waals surface area contributed by atoms with Crippen molar-refractivity contribution in [3.63, 3.8) is 0 Å². The first-order valence-corrected chi connectivity index (χ1v) is 3.99. The molecular weight excluding hydrogens is 152 g/mol. The summed E-state index contributed by atoms with van der Waals surface area (Å²) in [5.41, 5.74) is 1.07. The zero-order valence-corrected chi connectivity index (χ0v) is 7.66. The van der Waals surface area contributed by atoms with E-state index in [9.17, 15) is 4.79 Å². The van der Waals surface area contributed by atoms with Crippen LogP contribution in [0.25, 0.3) is 0 Å². The molecule has 0 amide bonds. The fourth-order valence-corrected chi connectivity index (χ4v) is 0.777. The lowest BCUT2D eigenvalue weighted by atomic mass is 10.1. The van der Waals surface area contributed by atoms with Gasteiger partial charge in [0, 0.05) is 0 Å². The smallest absolute Gasteiger partial charge is 0.153 e.